The standard InChI is InChI=1S/C18H17Cl2NO3/c1-11-3-5-13(6-4-11)17(21-12(2)22)10-18(23)24-14-7-8-15(19)16(20)9-14/h3-9,17H,10H2,1-2H3,(H,21,22). The molecule has 2 aromatic carbocycles. The topological polar surface area (TPSA) is 55.4 Å². The highest BCUT2D eigenvalue weighted by Crippen LogP contribution is 2.27. The van der Waals surface area contributed by atoms with E-state index in [4.69, 9.17) is 27.9 Å². The number of aryl methyl sites for hydroxylation is 1. The van der Waals surface area contributed by atoms with Crippen molar-refractivity contribution in [3.05, 3.63) is 63.6 Å². The van der Waals surface area contributed by atoms with Crippen LogP contribution in [0.25, 0.3) is 0 Å². The van der Waals surface area contributed by atoms with Gasteiger partial charge in [-0.25, -0.2) is 0 Å². The molecule has 0 aliphatic carbocycles. The molecular weight excluding hydrogens is 349 g/mol. The Hall–Kier alpha value is -2.04. The van der Waals surface area contributed by atoms with E-state index in [-0.39, 0.29) is 12.3 Å². The molecule has 0 aliphatic rings. The first-order chi connectivity index (χ1) is 11.3. The van der Waals surface area contributed by atoms with E-state index in [1.54, 1.807) is 12.1 Å². The number of nitrogens with one attached hydrogen (secondary N) is 1. The van der Waals surface area contributed by atoms with Gasteiger partial charge in [0.2, 0.25) is 5.91 Å². The van der Waals surface area contributed by atoms with E-state index in [1.807, 2.05) is 31.2 Å². The van der Waals surface area contributed by atoms with Crippen LogP contribution in [0.2, 0.25) is 10.0 Å². The highest BCUT2D eigenvalue weighted by molar-refractivity contribution is 6.42. The third-order valence-corrected chi connectivity index (χ3v) is 4.09. The summed E-state index contributed by atoms with van der Waals surface area (Å²) in [5, 5.41) is 3.45. The number of halogens is 2. The van der Waals surface area contributed by atoms with Crippen LogP contribution in [0.5, 0.6) is 5.75 Å². The molecule has 0 fully saturated rings. The molecule has 0 saturated carbocycles. The molecule has 0 heterocycles. The number of carbonyl (C=O) groups excluding carboxylic acids is 2. The summed E-state index contributed by atoms with van der Waals surface area (Å²) in [6.07, 6.45) is 0.00286. The van der Waals surface area contributed by atoms with Gasteiger partial charge in [0.1, 0.15) is 5.75 Å². The maximum absolute atomic E-state index is 12.2. The van der Waals surface area contributed by atoms with Gasteiger partial charge in [-0.3, -0.25) is 9.59 Å². The second-order valence-corrected chi connectivity index (χ2v) is 6.23. The number of carbonyl (C=O) groups is 2. The Morgan fingerprint density at radius 1 is 1.08 bits per heavy atom. The van der Waals surface area contributed by atoms with E-state index in [0.29, 0.717) is 15.8 Å². The van der Waals surface area contributed by atoms with Crippen LogP contribution in [0.3, 0.4) is 0 Å². The lowest BCUT2D eigenvalue weighted by atomic mass is 10.0. The Kier molecular flexibility index (Phi) is 6.23. The summed E-state index contributed by atoms with van der Waals surface area (Å²) in [6, 6.07) is 11.7. The molecule has 1 N–H and O–H groups in total. The van der Waals surface area contributed by atoms with Crippen molar-refractivity contribution in [1.82, 2.24) is 5.32 Å². The average molecular weight is 366 g/mol. The van der Waals surface area contributed by atoms with E-state index in [9.17, 15) is 9.59 Å². The van der Waals surface area contributed by atoms with Gasteiger partial charge in [-0.2, -0.15) is 0 Å². The average Bonchev–Trinajstić information content (AvgIpc) is 2.50. The number of hydrogen-bond donors (Lipinski definition) is 1. The van der Waals surface area contributed by atoms with Crippen LogP contribution in [0.1, 0.15) is 30.5 Å². The summed E-state index contributed by atoms with van der Waals surface area (Å²) in [6.45, 7) is 3.38. The van der Waals surface area contributed by atoms with Crippen LogP contribution < -0.4 is 10.1 Å². The van der Waals surface area contributed by atoms with Crippen LogP contribution in [-0.4, -0.2) is 11.9 Å². The first-order valence-electron chi connectivity index (χ1n) is 7.34. The molecule has 126 valence electrons. The van der Waals surface area contributed by atoms with Crippen LogP contribution in [0, 0.1) is 6.92 Å². The van der Waals surface area contributed by atoms with Gasteiger partial charge in [0.15, 0.2) is 0 Å². The largest absolute Gasteiger partial charge is 0.426 e. The Morgan fingerprint density at radius 2 is 1.75 bits per heavy atom. The van der Waals surface area contributed by atoms with Crippen molar-refractivity contribution in [1.29, 1.82) is 0 Å². The van der Waals surface area contributed by atoms with Crippen LogP contribution in [-0.2, 0) is 9.59 Å². The molecule has 0 bridgehead atoms. The lowest BCUT2D eigenvalue weighted by Gasteiger charge is -2.18. The van der Waals surface area contributed by atoms with E-state index in [2.05, 4.69) is 5.32 Å². The molecule has 0 aliphatic heterocycles. The lowest BCUT2D eigenvalue weighted by molar-refractivity contribution is -0.135. The van der Waals surface area contributed by atoms with Gasteiger partial charge in [0.25, 0.3) is 0 Å². The highest BCUT2D eigenvalue weighted by atomic mass is 35.5. The van der Waals surface area contributed by atoms with E-state index in [1.165, 1.54) is 13.0 Å². The maximum Gasteiger partial charge on any atom is 0.313 e. The molecule has 0 saturated heterocycles. The van der Waals surface area contributed by atoms with Crippen molar-refractivity contribution < 1.29 is 14.3 Å². The molecular formula is C18H17Cl2NO3. The van der Waals surface area contributed by atoms with Crippen molar-refractivity contribution in [2.75, 3.05) is 0 Å². The summed E-state index contributed by atoms with van der Waals surface area (Å²) >= 11 is 11.7. The van der Waals surface area contributed by atoms with Crippen LogP contribution >= 0.6 is 23.2 Å². The monoisotopic (exact) mass is 365 g/mol. The molecule has 1 unspecified atom stereocenters. The first kappa shape index (κ1) is 18.3. The molecule has 2 rings (SSSR count). The quantitative estimate of drug-likeness (QED) is 0.627. The van der Waals surface area contributed by atoms with E-state index in [0.717, 1.165) is 11.1 Å². The fraction of sp³-hybridized carbons (Fsp3) is 0.222. The molecule has 1 atom stereocenters. The fourth-order valence-corrected chi connectivity index (χ4v) is 2.46. The third kappa shape index (κ3) is 5.25. The third-order valence-electron chi connectivity index (χ3n) is 3.35. The summed E-state index contributed by atoms with van der Waals surface area (Å²) in [4.78, 5) is 23.6. The van der Waals surface area contributed by atoms with Crippen LogP contribution in [0.15, 0.2) is 42.5 Å². The maximum atomic E-state index is 12.2. The number of hydrogen-bond acceptors (Lipinski definition) is 3. The predicted molar refractivity (Wildman–Crippen MR) is 94.5 cm³/mol. The molecule has 0 spiro atoms. The van der Waals surface area contributed by atoms with Gasteiger partial charge in [0.05, 0.1) is 22.5 Å². The molecule has 4 nitrogen and oxygen atoms in total. The van der Waals surface area contributed by atoms with E-state index >= 15 is 0 Å². The second kappa shape index (κ2) is 8.18. The molecule has 0 aromatic heterocycles. The van der Waals surface area contributed by atoms with Gasteiger partial charge in [0, 0.05) is 13.0 Å². The zero-order valence-electron chi connectivity index (χ0n) is 13.3. The SMILES string of the molecule is CC(=O)NC(CC(=O)Oc1ccc(Cl)c(Cl)c1)c1ccc(C)cc1. The zero-order valence-corrected chi connectivity index (χ0v) is 14.8. The molecule has 24 heavy (non-hydrogen) atoms. The highest BCUT2D eigenvalue weighted by Gasteiger charge is 2.18. The van der Waals surface area contributed by atoms with Gasteiger partial charge in [-0.15, -0.1) is 0 Å². The summed E-state index contributed by atoms with van der Waals surface area (Å²) in [7, 11) is 0. The second-order valence-electron chi connectivity index (χ2n) is 5.42. The van der Waals surface area contributed by atoms with Gasteiger partial charge in [-0.1, -0.05) is 53.0 Å². The smallest absolute Gasteiger partial charge is 0.313 e. The number of ether oxygens (including phenoxy) is 1. The van der Waals surface area contributed by atoms with Crippen molar-refractivity contribution >= 4 is 35.1 Å². The van der Waals surface area contributed by atoms with Crippen LogP contribution in [0.4, 0.5) is 0 Å². The van der Waals surface area contributed by atoms with Gasteiger partial charge in [-0.05, 0) is 24.6 Å². The molecule has 0 radical (unpaired) electrons. The van der Waals surface area contributed by atoms with Crippen molar-refractivity contribution in [3.8, 4) is 5.75 Å². The summed E-state index contributed by atoms with van der Waals surface area (Å²) < 4.78 is 5.27. The normalized spacial score (nSPS) is 11.7. The summed E-state index contributed by atoms with van der Waals surface area (Å²) in [5.74, 6) is -0.393. The number of benzene rings is 2. The fourth-order valence-electron chi connectivity index (χ4n) is 2.18. The van der Waals surface area contributed by atoms with Crippen molar-refractivity contribution in [2.24, 2.45) is 0 Å². The molecule has 6 heteroatoms. The summed E-state index contributed by atoms with van der Waals surface area (Å²) in [5.41, 5.74) is 1.93. The Labute approximate surface area is 150 Å². The Bertz CT molecular complexity index is 744. The number of rotatable bonds is 5. The number of amides is 1. The Balaban J connectivity index is 2.10. The minimum atomic E-state index is -0.479. The van der Waals surface area contributed by atoms with Crippen molar-refractivity contribution in [3.63, 3.8) is 0 Å². The molecule has 2 aromatic rings. The predicted octanol–water partition coefficient (Wildman–Crippen LogP) is 4.47. The van der Waals surface area contributed by atoms with Crippen molar-refractivity contribution in [2.45, 2.75) is 26.3 Å². The zero-order chi connectivity index (χ0) is 17.7. The first-order valence-corrected chi connectivity index (χ1v) is 8.10. The van der Waals surface area contributed by atoms with Gasteiger partial charge < -0.3 is 10.1 Å². The number of esters is 1. The van der Waals surface area contributed by atoms with Gasteiger partial charge >= 0.3 is 5.97 Å². The Morgan fingerprint density at radius 3 is 2.33 bits per heavy atom. The van der Waals surface area contributed by atoms with E-state index < -0.39 is 12.0 Å². The molecule has 1 amide bonds. The lowest BCUT2D eigenvalue weighted by Crippen LogP contribution is -2.29. The minimum absolute atomic E-state index is 0.00286. The minimum Gasteiger partial charge on any atom is -0.426 e.